The second-order valence-electron chi connectivity index (χ2n) is 7.74. The fourth-order valence-corrected chi connectivity index (χ4v) is 3.77. The van der Waals surface area contributed by atoms with Crippen LogP contribution in [0.25, 0.3) is 28.3 Å². The summed E-state index contributed by atoms with van der Waals surface area (Å²) in [7, 11) is 4.12. The van der Waals surface area contributed by atoms with Gasteiger partial charge in [0.1, 0.15) is 5.82 Å². The molecule has 0 saturated carbocycles. The first-order valence-corrected chi connectivity index (χ1v) is 9.85. The van der Waals surface area contributed by atoms with E-state index in [2.05, 4.69) is 74.9 Å². The van der Waals surface area contributed by atoms with Crippen molar-refractivity contribution in [2.75, 3.05) is 32.5 Å². The Hall–Kier alpha value is -3.52. The molecule has 1 aliphatic rings. The highest BCUT2D eigenvalue weighted by atomic mass is 19.1. The van der Waals surface area contributed by atoms with E-state index in [-0.39, 0.29) is 5.82 Å². The third-order valence-electron chi connectivity index (χ3n) is 5.31. The predicted octanol–water partition coefficient (Wildman–Crippen LogP) is 3.27. The van der Waals surface area contributed by atoms with Crippen molar-refractivity contribution in [2.45, 2.75) is 6.54 Å². The largest absolute Gasteiger partial charge is 0.384 e. The number of hydrogen-bond acceptors (Lipinski definition) is 5. The van der Waals surface area contributed by atoms with Crippen molar-refractivity contribution < 1.29 is 4.39 Å². The molecule has 30 heavy (non-hydrogen) atoms. The summed E-state index contributed by atoms with van der Waals surface area (Å²) in [6.07, 6.45) is 2.07. The van der Waals surface area contributed by atoms with E-state index in [1.54, 1.807) is 16.8 Å². The lowest BCUT2D eigenvalue weighted by molar-refractivity contribution is 0.425. The molecule has 3 heterocycles. The normalized spacial score (nSPS) is 12.3. The van der Waals surface area contributed by atoms with Crippen LogP contribution in [0.2, 0.25) is 0 Å². The van der Waals surface area contributed by atoms with Crippen LogP contribution >= 0.6 is 0 Å². The van der Waals surface area contributed by atoms with Crippen LogP contribution in [0, 0.1) is 5.82 Å². The lowest BCUT2D eigenvalue weighted by Crippen LogP contribution is -2.20. The molecule has 0 spiro atoms. The molecular formula is C22H22FN7. The molecule has 5 rings (SSSR count). The summed E-state index contributed by atoms with van der Waals surface area (Å²) < 4.78 is 17.3. The van der Waals surface area contributed by atoms with Gasteiger partial charge in [-0.05, 0) is 72.0 Å². The van der Waals surface area contributed by atoms with Gasteiger partial charge in [-0.15, -0.1) is 5.10 Å². The molecular weight excluding hydrogens is 381 g/mol. The van der Waals surface area contributed by atoms with Gasteiger partial charge in [-0.1, -0.05) is 12.1 Å². The molecule has 0 amide bonds. The van der Waals surface area contributed by atoms with E-state index >= 15 is 0 Å². The van der Waals surface area contributed by atoms with Crippen molar-refractivity contribution in [1.29, 1.82) is 0 Å². The number of hydrogen-bond donors (Lipinski definition) is 1. The van der Waals surface area contributed by atoms with Crippen LogP contribution in [0.5, 0.6) is 0 Å². The molecule has 1 N–H and O–H groups in total. The van der Waals surface area contributed by atoms with Gasteiger partial charge in [0.25, 0.3) is 0 Å². The van der Waals surface area contributed by atoms with Gasteiger partial charge < -0.3 is 14.8 Å². The first kappa shape index (κ1) is 18.5. The summed E-state index contributed by atoms with van der Waals surface area (Å²) in [6.45, 7) is 2.50. The summed E-state index contributed by atoms with van der Waals surface area (Å²) in [5.74, 6) is 0.446. The minimum Gasteiger partial charge on any atom is -0.384 e. The number of anilines is 1. The van der Waals surface area contributed by atoms with E-state index in [9.17, 15) is 4.39 Å². The fraction of sp³-hybridized carbons (Fsp3) is 0.227. The van der Waals surface area contributed by atoms with Crippen LogP contribution in [-0.2, 0) is 6.54 Å². The number of aromatic nitrogens is 5. The Morgan fingerprint density at radius 2 is 1.90 bits per heavy atom. The Labute approximate surface area is 173 Å². The topological polar surface area (TPSA) is 63.8 Å². The molecule has 0 saturated heterocycles. The highest BCUT2D eigenvalue weighted by Crippen LogP contribution is 2.33. The maximum Gasteiger partial charge on any atom is 0.203 e. The predicted molar refractivity (Wildman–Crippen MR) is 114 cm³/mol. The number of rotatable bonds is 5. The van der Waals surface area contributed by atoms with Crippen molar-refractivity contribution in [2.24, 2.45) is 0 Å². The molecule has 8 heteroatoms. The van der Waals surface area contributed by atoms with Crippen LogP contribution in [-0.4, -0.2) is 56.9 Å². The zero-order valence-electron chi connectivity index (χ0n) is 16.9. The first-order valence-electron chi connectivity index (χ1n) is 9.85. The molecule has 0 unspecified atom stereocenters. The highest BCUT2D eigenvalue weighted by Gasteiger charge is 2.23. The molecule has 0 bridgehead atoms. The molecule has 152 valence electrons. The quantitative estimate of drug-likeness (QED) is 0.488. The molecule has 0 aliphatic carbocycles. The van der Waals surface area contributed by atoms with Crippen molar-refractivity contribution in [3.05, 3.63) is 66.1 Å². The third kappa shape index (κ3) is 3.35. The zero-order valence-corrected chi connectivity index (χ0v) is 16.9. The molecule has 0 atom stereocenters. The van der Waals surface area contributed by atoms with Gasteiger partial charge in [0.15, 0.2) is 0 Å². The number of tetrazole rings is 1. The minimum absolute atomic E-state index is 0.244. The average Bonchev–Trinajstić information content (AvgIpc) is 3.33. The summed E-state index contributed by atoms with van der Waals surface area (Å²) in [5.41, 5.74) is 6.05. The van der Waals surface area contributed by atoms with Crippen molar-refractivity contribution >= 4 is 5.69 Å². The maximum absolute atomic E-state index is 13.3. The van der Waals surface area contributed by atoms with Crippen molar-refractivity contribution in [3.63, 3.8) is 0 Å². The molecule has 1 aliphatic heterocycles. The Morgan fingerprint density at radius 3 is 2.70 bits per heavy atom. The van der Waals surface area contributed by atoms with Gasteiger partial charge in [0.2, 0.25) is 5.82 Å². The molecule has 4 aromatic rings. The lowest BCUT2D eigenvalue weighted by Gasteiger charge is -2.14. The molecule has 0 fully saturated rings. The van der Waals surface area contributed by atoms with E-state index in [0.717, 1.165) is 46.8 Å². The standard InChI is InChI=1S/C22H22FN7/c1-28(2)10-9-24-19-7-8-20-17(11-19)14-29-13-16(15-3-5-18(23)6-4-15)12-21(29)22-25-26-27-30(20)22/h3-8,11-13,24H,9-10,14H2,1-2H3. The van der Waals surface area contributed by atoms with Crippen LogP contribution in [0.3, 0.4) is 0 Å². The van der Waals surface area contributed by atoms with Gasteiger partial charge >= 0.3 is 0 Å². The smallest absolute Gasteiger partial charge is 0.203 e. The first-order chi connectivity index (χ1) is 14.6. The van der Waals surface area contributed by atoms with Gasteiger partial charge in [-0.25, -0.2) is 4.39 Å². The monoisotopic (exact) mass is 403 g/mol. The average molecular weight is 403 g/mol. The molecule has 2 aromatic carbocycles. The van der Waals surface area contributed by atoms with Crippen LogP contribution in [0.15, 0.2) is 54.7 Å². The zero-order chi connectivity index (χ0) is 20.7. The number of benzene rings is 2. The SMILES string of the molecule is CN(C)CCNc1ccc2c(c1)Cn1cc(-c3ccc(F)cc3)cc1-c1nnnn1-2. The van der Waals surface area contributed by atoms with Crippen molar-refractivity contribution in [1.82, 2.24) is 29.7 Å². The van der Waals surface area contributed by atoms with E-state index in [0.29, 0.717) is 12.4 Å². The summed E-state index contributed by atoms with van der Waals surface area (Å²) in [4.78, 5) is 2.15. The lowest BCUT2D eigenvalue weighted by atomic mass is 10.1. The number of nitrogens with zero attached hydrogens (tertiary/aromatic N) is 6. The summed E-state index contributed by atoms with van der Waals surface area (Å²) >= 11 is 0. The van der Waals surface area contributed by atoms with Gasteiger partial charge in [-0.3, -0.25) is 0 Å². The van der Waals surface area contributed by atoms with E-state index < -0.39 is 0 Å². The summed E-state index contributed by atoms with van der Waals surface area (Å²) in [6, 6.07) is 14.8. The van der Waals surface area contributed by atoms with Crippen LogP contribution < -0.4 is 5.32 Å². The maximum atomic E-state index is 13.3. The fourth-order valence-electron chi connectivity index (χ4n) is 3.77. The van der Waals surface area contributed by atoms with Gasteiger partial charge in [-0.2, -0.15) is 4.68 Å². The van der Waals surface area contributed by atoms with Crippen molar-refractivity contribution in [3.8, 4) is 28.3 Å². The highest BCUT2D eigenvalue weighted by molar-refractivity contribution is 5.71. The second kappa shape index (κ2) is 7.38. The Balaban J connectivity index is 1.54. The third-order valence-corrected chi connectivity index (χ3v) is 5.31. The van der Waals surface area contributed by atoms with Crippen LogP contribution in [0.1, 0.15) is 5.56 Å². The number of fused-ring (bicyclic) bond motifs is 5. The minimum atomic E-state index is -0.244. The van der Waals surface area contributed by atoms with E-state index in [4.69, 9.17) is 0 Å². The molecule has 2 aromatic heterocycles. The van der Waals surface area contributed by atoms with Gasteiger partial charge in [0.05, 0.1) is 11.4 Å². The Bertz CT molecular complexity index is 1190. The van der Waals surface area contributed by atoms with E-state index in [1.807, 2.05) is 0 Å². The summed E-state index contributed by atoms with van der Waals surface area (Å²) in [5, 5.41) is 15.9. The van der Waals surface area contributed by atoms with Gasteiger partial charge in [0, 0.05) is 37.1 Å². The Kier molecular flexibility index (Phi) is 4.55. The number of likely N-dealkylation sites (N-methyl/N-ethyl adjacent to an activating group) is 1. The second-order valence-corrected chi connectivity index (χ2v) is 7.74. The van der Waals surface area contributed by atoms with E-state index in [1.165, 1.54) is 12.1 Å². The number of nitrogens with one attached hydrogen (secondary N) is 1. The van der Waals surface area contributed by atoms with Crippen LogP contribution in [0.4, 0.5) is 10.1 Å². The Morgan fingerprint density at radius 1 is 1.07 bits per heavy atom. The number of halogens is 1. The molecule has 7 nitrogen and oxygen atoms in total. The molecule has 0 radical (unpaired) electrons.